The zero-order valence-electron chi connectivity index (χ0n) is 13.3. The molecule has 0 saturated heterocycles. The Kier molecular flexibility index (Phi) is 6.23. The van der Waals surface area contributed by atoms with E-state index in [1.165, 1.54) is 18.2 Å². The molecule has 126 valence electrons. The minimum Gasteiger partial charge on any atom is -0.452 e. The highest BCUT2D eigenvalue weighted by atomic mass is 35.5. The normalized spacial score (nSPS) is 11.7. The zero-order valence-corrected chi connectivity index (χ0v) is 14.8. The Bertz CT molecular complexity index is 744. The van der Waals surface area contributed by atoms with E-state index in [-0.39, 0.29) is 29.1 Å². The first kappa shape index (κ1) is 18.3. The monoisotopic (exact) mass is 365 g/mol. The molecular formula is C18H17Cl2NO3. The predicted octanol–water partition coefficient (Wildman–Crippen LogP) is 4.34. The number of rotatable bonds is 5. The molecule has 0 unspecified atom stereocenters. The number of esters is 1. The summed E-state index contributed by atoms with van der Waals surface area (Å²) in [5.41, 5.74) is 2.36. The molecule has 6 heteroatoms. The second-order valence-electron chi connectivity index (χ2n) is 5.40. The lowest BCUT2D eigenvalue weighted by atomic mass is 10.1. The molecule has 0 saturated carbocycles. The summed E-state index contributed by atoms with van der Waals surface area (Å²) < 4.78 is 4.99. The first-order chi connectivity index (χ1) is 11.4. The molecule has 0 heterocycles. The van der Waals surface area contributed by atoms with Crippen LogP contribution in [0.5, 0.6) is 0 Å². The zero-order chi connectivity index (χ0) is 17.7. The van der Waals surface area contributed by atoms with Gasteiger partial charge in [0, 0.05) is 0 Å². The molecule has 4 nitrogen and oxygen atoms in total. The van der Waals surface area contributed by atoms with E-state index in [9.17, 15) is 9.59 Å². The first-order valence-electron chi connectivity index (χ1n) is 7.35. The van der Waals surface area contributed by atoms with E-state index in [0.717, 1.165) is 11.1 Å². The predicted molar refractivity (Wildman–Crippen MR) is 94.5 cm³/mol. The van der Waals surface area contributed by atoms with Gasteiger partial charge in [0.15, 0.2) is 6.61 Å². The van der Waals surface area contributed by atoms with Crippen LogP contribution in [-0.2, 0) is 9.53 Å². The van der Waals surface area contributed by atoms with E-state index in [0.29, 0.717) is 5.02 Å². The van der Waals surface area contributed by atoms with Crippen LogP contribution in [0.15, 0.2) is 42.5 Å². The molecule has 2 aromatic carbocycles. The minimum absolute atomic E-state index is 0.179. The van der Waals surface area contributed by atoms with Crippen molar-refractivity contribution < 1.29 is 14.3 Å². The average molecular weight is 366 g/mol. The summed E-state index contributed by atoms with van der Waals surface area (Å²) >= 11 is 11.6. The molecule has 1 atom stereocenters. The van der Waals surface area contributed by atoms with Gasteiger partial charge in [-0.3, -0.25) is 4.79 Å². The Hall–Kier alpha value is -2.04. The van der Waals surface area contributed by atoms with Crippen molar-refractivity contribution in [2.45, 2.75) is 19.9 Å². The van der Waals surface area contributed by atoms with Crippen LogP contribution in [0.4, 0.5) is 0 Å². The lowest BCUT2D eigenvalue weighted by Crippen LogP contribution is -2.31. The van der Waals surface area contributed by atoms with Gasteiger partial charge in [0.05, 0.1) is 21.7 Å². The highest BCUT2D eigenvalue weighted by Crippen LogP contribution is 2.22. The first-order valence-corrected chi connectivity index (χ1v) is 8.10. The maximum absolute atomic E-state index is 11.9. The molecular weight excluding hydrogens is 349 g/mol. The fourth-order valence-corrected chi connectivity index (χ4v) is 2.36. The molecule has 2 aromatic rings. The Labute approximate surface area is 150 Å². The van der Waals surface area contributed by atoms with Crippen LogP contribution < -0.4 is 5.32 Å². The van der Waals surface area contributed by atoms with Gasteiger partial charge < -0.3 is 10.1 Å². The number of carbonyl (C=O) groups excluding carboxylic acids is 2. The van der Waals surface area contributed by atoms with Gasteiger partial charge in [-0.05, 0) is 37.6 Å². The lowest BCUT2D eigenvalue weighted by Gasteiger charge is -2.14. The summed E-state index contributed by atoms with van der Waals surface area (Å²) in [6.07, 6.45) is 0. The number of amides is 1. The molecule has 0 bridgehead atoms. The van der Waals surface area contributed by atoms with Crippen molar-refractivity contribution in [2.75, 3.05) is 6.61 Å². The highest BCUT2D eigenvalue weighted by molar-refractivity contribution is 6.42. The topological polar surface area (TPSA) is 55.4 Å². The van der Waals surface area contributed by atoms with Crippen LogP contribution in [0.25, 0.3) is 0 Å². The number of hydrogen-bond donors (Lipinski definition) is 1. The Morgan fingerprint density at radius 3 is 2.38 bits per heavy atom. The van der Waals surface area contributed by atoms with Crippen LogP contribution in [0.2, 0.25) is 10.0 Å². The standard InChI is InChI=1S/C18H17Cl2NO3/c1-11-3-5-13(6-4-11)12(2)21-17(22)10-24-18(23)14-7-8-15(19)16(20)9-14/h3-9,12H,10H2,1-2H3,(H,21,22)/t12-/m1/s1. The summed E-state index contributed by atoms with van der Waals surface area (Å²) in [7, 11) is 0. The van der Waals surface area contributed by atoms with Gasteiger partial charge in [0.1, 0.15) is 0 Å². The third-order valence-electron chi connectivity index (χ3n) is 3.44. The second kappa shape index (κ2) is 8.18. The fourth-order valence-electron chi connectivity index (χ4n) is 2.06. The Morgan fingerprint density at radius 1 is 1.08 bits per heavy atom. The van der Waals surface area contributed by atoms with Gasteiger partial charge >= 0.3 is 5.97 Å². The Balaban J connectivity index is 1.87. The van der Waals surface area contributed by atoms with Gasteiger partial charge in [-0.25, -0.2) is 4.79 Å². The van der Waals surface area contributed by atoms with Crippen molar-refractivity contribution in [3.8, 4) is 0 Å². The van der Waals surface area contributed by atoms with Crippen molar-refractivity contribution >= 4 is 35.1 Å². The van der Waals surface area contributed by atoms with E-state index >= 15 is 0 Å². The Morgan fingerprint density at radius 2 is 1.75 bits per heavy atom. The molecule has 1 N–H and O–H groups in total. The smallest absolute Gasteiger partial charge is 0.338 e. The highest BCUT2D eigenvalue weighted by Gasteiger charge is 2.14. The number of benzene rings is 2. The number of halogens is 2. The number of carbonyl (C=O) groups is 2. The second-order valence-corrected chi connectivity index (χ2v) is 6.22. The minimum atomic E-state index is -0.633. The van der Waals surface area contributed by atoms with Crippen LogP contribution in [0.3, 0.4) is 0 Å². The van der Waals surface area contributed by atoms with Crippen molar-refractivity contribution in [1.82, 2.24) is 5.32 Å². The van der Waals surface area contributed by atoms with Crippen LogP contribution >= 0.6 is 23.2 Å². The number of ether oxygens (including phenoxy) is 1. The fraction of sp³-hybridized carbons (Fsp3) is 0.222. The average Bonchev–Trinajstić information content (AvgIpc) is 2.55. The van der Waals surface area contributed by atoms with Crippen LogP contribution in [0, 0.1) is 6.92 Å². The summed E-state index contributed by atoms with van der Waals surface area (Å²) in [4.78, 5) is 23.8. The van der Waals surface area contributed by atoms with Gasteiger partial charge in [-0.1, -0.05) is 53.0 Å². The van der Waals surface area contributed by atoms with E-state index < -0.39 is 5.97 Å². The molecule has 0 aliphatic carbocycles. The molecule has 0 aliphatic heterocycles. The van der Waals surface area contributed by atoms with E-state index in [1.54, 1.807) is 0 Å². The maximum atomic E-state index is 11.9. The van der Waals surface area contributed by atoms with E-state index in [2.05, 4.69) is 5.32 Å². The third-order valence-corrected chi connectivity index (χ3v) is 4.18. The summed E-state index contributed by atoms with van der Waals surface area (Å²) in [6, 6.07) is 12.1. The van der Waals surface area contributed by atoms with Gasteiger partial charge in [-0.2, -0.15) is 0 Å². The van der Waals surface area contributed by atoms with Crippen molar-refractivity contribution in [2.24, 2.45) is 0 Å². The number of nitrogens with one attached hydrogen (secondary N) is 1. The molecule has 0 spiro atoms. The van der Waals surface area contributed by atoms with Crippen LogP contribution in [0.1, 0.15) is 34.5 Å². The molecule has 2 rings (SSSR count). The molecule has 0 fully saturated rings. The van der Waals surface area contributed by atoms with Crippen molar-refractivity contribution in [3.63, 3.8) is 0 Å². The summed E-state index contributed by atoms with van der Waals surface area (Å²) in [5.74, 6) is -1.01. The van der Waals surface area contributed by atoms with Crippen molar-refractivity contribution in [1.29, 1.82) is 0 Å². The van der Waals surface area contributed by atoms with Gasteiger partial charge in [0.2, 0.25) is 0 Å². The SMILES string of the molecule is Cc1ccc([C@@H](C)NC(=O)COC(=O)c2ccc(Cl)c(Cl)c2)cc1. The van der Waals surface area contributed by atoms with Crippen LogP contribution in [-0.4, -0.2) is 18.5 Å². The van der Waals surface area contributed by atoms with E-state index in [4.69, 9.17) is 27.9 Å². The quantitative estimate of drug-likeness (QED) is 0.801. The van der Waals surface area contributed by atoms with Crippen molar-refractivity contribution in [3.05, 3.63) is 69.2 Å². The molecule has 0 aromatic heterocycles. The molecule has 0 aliphatic rings. The van der Waals surface area contributed by atoms with E-state index in [1.807, 2.05) is 38.1 Å². The summed E-state index contributed by atoms with van der Waals surface area (Å²) in [6.45, 7) is 3.49. The van der Waals surface area contributed by atoms with Gasteiger partial charge in [0.25, 0.3) is 5.91 Å². The number of hydrogen-bond acceptors (Lipinski definition) is 3. The molecule has 0 radical (unpaired) electrons. The largest absolute Gasteiger partial charge is 0.452 e. The summed E-state index contributed by atoms with van der Waals surface area (Å²) in [5, 5.41) is 3.38. The van der Waals surface area contributed by atoms with Gasteiger partial charge in [-0.15, -0.1) is 0 Å². The molecule has 1 amide bonds. The third kappa shape index (κ3) is 4.98. The molecule has 24 heavy (non-hydrogen) atoms. The number of aryl methyl sites for hydroxylation is 1. The maximum Gasteiger partial charge on any atom is 0.338 e. The lowest BCUT2D eigenvalue weighted by molar-refractivity contribution is -0.124.